The average molecular weight is 322 g/mol. The summed E-state index contributed by atoms with van der Waals surface area (Å²) in [6, 6.07) is 9.92. The van der Waals surface area contributed by atoms with E-state index in [1.54, 1.807) is 14.0 Å². The number of Topliss-reactive ketones (excluding diaryl/α,β-unsaturated/α-hetero) is 1. The normalized spacial score (nSPS) is 12.4. The highest BCUT2D eigenvalue weighted by atomic mass is 16.1. The zero-order chi connectivity index (χ0) is 18.1. The second-order valence-electron chi connectivity index (χ2n) is 7.21. The summed E-state index contributed by atoms with van der Waals surface area (Å²) in [5.74, 6) is 0.0781. The monoisotopic (exact) mass is 322 g/mol. The lowest BCUT2D eigenvalue weighted by atomic mass is 9.87. The van der Waals surface area contributed by atoms with E-state index in [0.717, 1.165) is 39.4 Å². The molecule has 0 atom stereocenters. The Kier molecular flexibility index (Phi) is 5.02. The number of nitrogens with zero attached hydrogens (tertiary/aromatic N) is 2. The standard InChI is InChI=1S/C21H26N2O/c1-13(22-7)20-14(2)23-19(21(4,5)6)12-18(20)17-10-8-16(9-11-17)15(3)24/h8-12H,1-7H3. The molecule has 1 aromatic carbocycles. The SMILES string of the molecule is CN=C(C)c1c(-c2ccc(C(C)=O)cc2)cc(C(C)(C)C)nc1C. The van der Waals surface area contributed by atoms with Crippen LogP contribution in [-0.4, -0.2) is 23.5 Å². The van der Waals surface area contributed by atoms with Crippen molar-refractivity contribution in [2.45, 2.75) is 47.0 Å². The number of carbonyl (C=O) groups is 1. The van der Waals surface area contributed by atoms with Crippen LogP contribution in [0.15, 0.2) is 35.3 Å². The Labute approximate surface area is 144 Å². The Balaban J connectivity index is 2.73. The second kappa shape index (κ2) is 6.68. The quantitative estimate of drug-likeness (QED) is 0.590. The van der Waals surface area contributed by atoms with Gasteiger partial charge in [-0.2, -0.15) is 0 Å². The number of aromatic nitrogens is 1. The molecular formula is C21H26N2O. The highest BCUT2D eigenvalue weighted by molar-refractivity contribution is 6.05. The van der Waals surface area contributed by atoms with Gasteiger partial charge in [-0.1, -0.05) is 45.0 Å². The van der Waals surface area contributed by atoms with Crippen molar-refractivity contribution in [3.05, 3.63) is 52.8 Å². The van der Waals surface area contributed by atoms with Crippen LogP contribution >= 0.6 is 0 Å². The molecule has 0 saturated carbocycles. The first-order chi connectivity index (χ1) is 11.1. The van der Waals surface area contributed by atoms with Crippen LogP contribution < -0.4 is 0 Å². The van der Waals surface area contributed by atoms with Crippen molar-refractivity contribution < 1.29 is 4.79 Å². The van der Waals surface area contributed by atoms with E-state index < -0.39 is 0 Å². The second-order valence-corrected chi connectivity index (χ2v) is 7.21. The highest BCUT2D eigenvalue weighted by Crippen LogP contribution is 2.31. The zero-order valence-electron chi connectivity index (χ0n) is 15.7. The molecule has 24 heavy (non-hydrogen) atoms. The minimum absolute atomic E-state index is 0.0331. The van der Waals surface area contributed by atoms with E-state index in [4.69, 9.17) is 4.98 Å². The largest absolute Gasteiger partial charge is 0.295 e. The van der Waals surface area contributed by atoms with Crippen LogP contribution in [0.25, 0.3) is 11.1 Å². The fraction of sp³-hybridized carbons (Fsp3) is 0.381. The molecule has 126 valence electrons. The van der Waals surface area contributed by atoms with Crippen LogP contribution in [0.2, 0.25) is 0 Å². The van der Waals surface area contributed by atoms with Crippen molar-refractivity contribution in [3.63, 3.8) is 0 Å². The molecule has 0 spiro atoms. The average Bonchev–Trinajstić information content (AvgIpc) is 2.52. The van der Waals surface area contributed by atoms with Gasteiger partial charge in [-0.3, -0.25) is 14.8 Å². The van der Waals surface area contributed by atoms with Crippen molar-refractivity contribution in [2.75, 3.05) is 7.05 Å². The number of hydrogen-bond donors (Lipinski definition) is 0. The van der Waals surface area contributed by atoms with Crippen LogP contribution in [0, 0.1) is 6.92 Å². The molecule has 0 N–H and O–H groups in total. The lowest BCUT2D eigenvalue weighted by Crippen LogP contribution is -2.16. The van der Waals surface area contributed by atoms with Crippen LogP contribution in [0.4, 0.5) is 0 Å². The molecule has 3 heteroatoms. The Morgan fingerprint density at radius 1 is 1.08 bits per heavy atom. The zero-order valence-corrected chi connectivity index (χ0v) is 15.7. The van der Waals surface area contributed by atoms with E-state index >= 15 is 0 Å². The summed E-state index contributed by atoms with van der Waals surface area (Å²) in [6.07, 6.45) is 0. The lowest BCUT2D eigenvalue weighted by molar-refractivity contribution is 0.101. The lowest BCUT2D eigenvalue weighted by Gasteiger charge is -2.22. The Morgan fingerprint density at radius 3 is 2.12 bits per heavy atom. The van der Waals surface area contributed by atoms with Crippen molar-refractivity contribution in [1.82, 2.24) is 4.98 Å². The number of rotatable bonds is 3. The maximum absolute atomic E-state index is 11.5. The van der Waals surface area contributed by atoms with Crippen molar-refractivity contribution in [3.8, 4) is 11.1 Å². The molecule has 3 nitrogen and oxygen atoms in total. The van der Waals surface area contributed by atoms with Crippen LogP contribution in [0.1, 0.15) is 61.9 Å². The van der Waals surface area contributed by atoms with E-state index in [1.165, 1.54) is 0 Å². The van der Waals surface area contributed by atoms with Gasteiger partial charge >= 0.3 is 0 Å². The van der Waals surface area contributed by atoms with Gasteiger partial charge in [-0.15, -0.1) is 0 Å². The Bertz CT molecular complexity index is 794. The van der Waals surface area contributed by atoms with Crippen molar-refractivity contribution >= 4 is 11.5 Å². The Hall–Kier alpha value is -2.29. The summed E-state index contributed by atoms with van der Waals surface area (Å²) < 4.78 is 0. The molecule has 2 aromatic rings. The van der Waals surface area contributed by atoms with E-state index in [0.29, 0.717) is 0 Å². The number of hydrogen-bond acceptors (Lipinski definition) is 3. The van der Waals surface area contributed by atoms with Crippen LogP contribution in [-0.2, 0) is 5.41 Å². The first kappa shape index (κ1) is 18.1. The summed E-state index contributed by atoms with van der Waals surface area (Å²) >= 11 is 0. The fourth-order valence-corrected chi connectivity index (χ4v) is 2.74. The molecule has 0 saturated heterocycles. The molecule has 1 aromatic heterocycles. The molecule has 0 aliphatic carbocycles. The summed E-state index contributed by atoms with van der Waals surface area (Å²) in [5.41, 5.74) is 6.96. The maximum Gasteiger partial charge on any atom is 0.159 e. The maximum atomic E-state index is 11.5. The van der Waals surface area contributed by atoms with Gasteiger partial charge in [0.05, 0.1) is 0 Å². The minimum atomic E-state index is -0.0331. The number of ketones is 1. The molecule has 0 fully saturated rings. The number of pyridine rings is 1. The van der Waals surface area contributed by atoms with Gasteiger partial charge in [0.25, 0.3) is 0 Å². The molecular weight excluding hydrogens is 296 g/mol. The number of aliphatic imine (C=N–C) groups is 1. The van der Waals surface area contributed by atoms with Gasteiger partial charge in [-0.25, -0.2) is 0 Å². The number of benzene rings is 1. The number of aryl methyl sites for hydroxylation is 1. The van der Waals surface area contributed by atoms with Gasteiger partial charge < -0.3 is 0 Å². The summed E-state index contributed by atoms with van der Waals surface area (Å²) in [4.78, 5) is 20.7. The van der Waals surface area contributed by atoms with Crippen LogP contribution in [0.5, 0.6) is 0 Å². The first-order valence-corrected chi connectivity index (χ1v) is 8.22. The van der Waals surface area contributed by atoms with Gasteiger partial charge in [0.2, 0.25) is 0 Å². The molecule has 0 unspecified atom stereocenters. The third-order valence-electron chi connectivity index (χ3n) is 4.27. The van der Waals surface area contributed by atoms with Gasteiger partial charge in [0.1, 0.15) is 0 Å². The summed E-state index contributed by atoms with van der Waals surface area (Å²) in [5, 5.41) is 0. The van der Waals surface area contributed by atoms with Gasteiger partial charge in [-0.05, 0) is 38.0 Å². The predicted molar refractivity (Wildman–Crippen MR) is 101 cm³/mol. The summed E-state index contributed by atoms with van der Waals surface area (Å²) in [6.45, 7) is 12.1. The first-order valence-electron chi connectivity index (χ1n) is 8.22. The molecule has 2 rings (SSSR count). The number of carbonyl (C=O) groups excluding carboxylic acids is 1. The van der Waals surface area contributed by atoms with Crippen molar-refractivity contribution in [2.24, 2.45) is 4.99 Å². The van der Waals surface area contributed by atoms with Gasteiger partial charge in [0, 0.05) is 40.7 Å². The van der Waals surface area contributed by atoms with E-state index in [-0.39, 0.29) is 11.2 Å². The smallest absolute Gasteiger partial charge is 0.159 e. The molecule has 0 aliphatic heterocycles. The van der Waals surface area contributed by atoms with E-state index in [1.807, 2.05) is 38.1 Å². The molecule has 0 radical (unpaired) electrons. The third kappa shape index (κ3) is 3.61. The fourth-order valence-electron chi connectivity index (χ4n) is 2.74. The Morgan fingerprint density at radius 2 is 1.67 bits per heavy atom. The topological polar surface area (TPSA) is 42.3 Å². The molecule has 1 heterocycles. The summed E-state index contributed by atoms with van der Waals surface area (Å²) in [7, 11) is 1.80. The predicted octanol–water partition coefficient (Wildman–Crippen LogP) is 5.00. The third-order valence-corrected chi connectivity index (χ3v) is 4.27. The molecule has 0 amide bonds. The van der Waals surface area contributed by atoms with E-state index in [9.17, 15) is 4.79 Å². The van der Waals surface area contributed by atoms with Crippen molar-refractivity contribution in [1.29, 1.82) is 0 Å². The minimum Gasteiger partial charge on any atom is -0.295 e. The van der Waals surface area contributed by atoms with Gasteiger partial charge in [0.15, 0.2) is 5.78 Å². The van der Waals surface area contributed by atoms with Crippen LogP contribution in [0.3, 0.4) is 0 Å². The highest BCUT2D eigenvalue weighted by Gasteiger charge is 2.21. The molecule has 0 aliphatic rings. The van der Waals surface area contributed by atoms with E-state index in [2.05, 4.69) is 31.8 Å². The molecule has 0 bridgehead atoms.